The maximum Gasteiger partial charge on any atom is 0.472 e. The highest BCUT2D eigenvalue weighted by atomic mass is 31.2. The molecule has 3 N–H and O–H groups in total. The number of phosphoric acid groups is 2. The molecule has 0 radical (unpaired) electrons. The minimum absolute atomic E-state index is 0.0732. The van der Waals surface area contributed by atoms with E-state index in [4.69, 9.17) is 37.0 Å². The van der Waals surface area contributed by atoms with Crippen LogP contribution in [0.4, 0.5) is 0 Å². The Balaban J connectivity index is 5.44. The molecule has 0 aliphatic carbocycles. The van der Waals surface area contributed by atoms with Gasteiger partial charge in [0.25, 0.3) is 0 Å². The minimum atomic E-state index is -4.99. The van der Waals surface area contributed by atoms with Gasteiger partial charge in [0, 0.05) is 25.7 Å². The van der Waals surface area contributed by atoms with E-state index in [2.05, 4.69) is 149 Å². The van der Waals surface area contributed by atoms with Crippen LogP contribution in [-0.2, 0) is 65.4 Å². The number of aliphatic hydroxyl groups excluding tert-OH is 1. The number of esters is 4. The van der Waals surface area contributed by atoms with Crippen LogP contribution in [0.25, 0.3) is 0 Å². The summed E-state index contributed by atoms with van der Waals surface area (Å²) in [4.78, 5) is 72.9. The van der Waals surface area contributed by atoms with Crippen LogP contribution in [0.3, 0.4) is 0 Å². The molecule has 0 heterocycles. The van der Waals surface area contributed by atoms with E-state index >= 15 is 0 Å². The van der Waals surface area contributed by atoms with Crippen molar-refractivity contribution in [1.82, 2.24) is 0 Å². The molecule has 0 saturated carbocycles. The van der Waals surface area contributed by atoms with E-state index in [0.29, 0.717) is 25.7 Å². The molecule has 0 saturated heterocycles. The van der Waals surface area contributed by atoms with Gasteiger partial charge in [0.1, 0.15) is 19.3 Å². The molecule has 0 aromatic heterocycles. The Morgan fingerprint density at radius 3 is 0.830 bits per heavy atom. The number of phosphoric ester groups is 2. The summed E-state index contributed by atoms with van der Waals surface area (Å²) in [6.07, 6.45) is 79.1. The molecule has 574 valence electrons. The average molecular weight is 1450 g/mol. The second-order valence-electron chi connectivity index (χ2n) is 25.5. The van der Waals surface area contributed by atoms with Gasteiger partial charge >= 0.3 is 39.5 Å². The first-order chi connectivity index (χ1) is 48.7. The SMILES string of the molecule is CC/C=C\C/C=C\C/C=C\C/C=C\CCCCC(=O)OCC(COP(=O)(O)OCC(O)COP(=O)(O)OCC(COC(=O)CCCC/C=C\C/C=C\C/C=C\C/C=C\CC)OC(=O)CCCCCCC/C=C\CCCCCCCC)OC(=O)CCCCCCC/C=C\CCCCCCCC. The van der Waals surface area contributed by atoms with Crippen molar-refractivity contribution in [1.29, 1.82) is 0 Å². The van der Waals surface area contributed by atoms with Crippen molar-refractivity contribution in [2.75, 3.05) is 39.6 Å². The average Bonchev–Trinajstić information content (AvgIpc) is 1.01. The summed E-state index contributed by atoms with van der Waals surface area (Å²) in [5, 5.41) is 10.6. The number of ether oxygens (including phenoxy) is 4. The van der Waals surface area contributed by atoms with Gasteiger partial charge in [0.05, 0.1) is 26.4 Å². The lowest BCUT2D eigenvalue weighted by atomic mass is 10.1. The summed E-state index contributed by atoms with van der Waals surface area (Å²) in [6, 6.07) is 0. The molecule has 17 nitrogen and oxygen atoms in total. The maximum atomic E-state index is 13.1. The van der Waals surface area contributed by atoms with Gasteiger partial charge in [-0.25, -0.2) is 9.13 Å². The molecule has 0 aromatic rings. The Morgan fingerprint density at radius 2 is 0.520 bits per heavy atom. The van der Waals surface area contributed by atoms with E-state index in [1.807, 2.05) is 0 Å². The predicted molar refractivity (Wildman–Crippen MR) is 408 cm³/mol. The van der Waals surface area contributed by atoms with Gasteiger partial charge in [-0.15, -0.1) is 0 Å². The molecular formula is C81H138O17P2. The van der Waals surface area contributed by atoms with E-state index < -0.39 is 97.5 Å². The fourth-order valence-electron chi connectivity index (χ4n) is 10.0. The molecule has 4 unspecified atom stereocenters. The Labute approximate surface area is 606 Å². The third-order valence-electron chi connectivity index (χ3n) is 15.9. The van der Waals surface area contributed by atoms with E-state index in [0.717, 1.165) is 154 Å². The summed E-state index contributed by atoms with van der Waals surface area (Å²) in [7, 11) is -9.98. The van der Waals surface area contributed by atoms with Crippen molar-refractivity contribution >= 4 is 39.5 Å². The number of carbonyl (C=O) groups is 4. The smallest absolute Gasteiger partial charge is 0.462 e. The molecule has 0 fully saturated rings. The number of hydrogen-bond acceptors (Lipinski definition) is 15. The quantitative estimate of drug-likeness (QED) is 0.0169. The maximum absolute atomic E-state index is 13.1. The first kappa shape index (κ1) is 95.5. The fraction of sp³-hybridized carbons (Fsp3) is 0.704. The summed E-state index contributed by atoms with van der Waals surface area (Å²) in [5.74, 6) is -2.29. The zero-order valence-electron chi connectivity index (χ0n) is 62.6. The molecule has 0 aliphatic rings. The number of hydrogen-bond donors (Lipinski definition) is 3. The lowest BCUT2D eigenvalue weighted by Crippen LogP contribution is -2.30. The molecule has 100 heavy (non-hydrogen) atoms. The topological polar surface area (TPSA) is 237 Å². The van der Waals surface area contributed by atoms with Crippen molar-refractivity contribution in [3.05, 3.63) is 122 Å². The van der Waals surface area contributed by atoms with Gasteiger partial charge in [0.15, 0.2) is 12.2 Å². The van der Waals surface area contributed by atoms with Crippen LogP contribution in [0.5, 0.6) is 0 Å². The highest BCUT2D eigenvalue weighted by Gasteiger charge is 2.30. The normalized spacial score (nSPS) is 14.6. The standard InChI is InChI=1S/C81H138O17P2/c1-5-9-13-17-21-25-29-33-37-41-45-49-53-57-61-65-78(83)91-71-76(97-80(85)67-63-59-55-51-47-43-39-35-31-27-23-19-15-11-7-3)73-95-99(87,88)93-69-75(82)70-94-100(89,90)96-74-77(98-81(86)68-64-60-56-52-48-44-40-36-32-28-24-20-16-12-8-4)72-92-79(84)66-62-58-54-50-46-42-38-34-30-26-22-18-14-10-6-2/h9-10,13-14,21-22,25-26,33-40,45-46,49-50,75-77,82H,5-8,11-12,15-20,23-24,27-32,41-44,47-48,51-74H2,1-4H3,(H,87,88)(H,89,90)/b13-9-,14-10-,25-21-,26-22-,37-33-,38-34-,39-35-,40-36-,49-45-,50-46-. The van der Waals surface area contributed by atoms with Crippen LogP contribution in [0, 0.1) is 0 Å². The van der Waals surface area contributed by atoms with Crippen LogP contribution >= 0.6 is 15.6 Å². The zero-order chi connectivity index (χ0) is 73.2. The zero-order valence-corrected chi connectivity index (χ0v) is 64.4. The first-order valence-corrected chi connectivity index (χ1v) is 41.8. The highest BCUT2D eigenvalue weighted by molar-refractivity contribution is 7.47. The number of allylic oxidation sites excluding steroid dienone is 20. The molecule has 0 aromatic carbocycles. The van der Waals surface area contributed by atoms with Crippen LogP contribution in [-0.4, -0.2) is 96.7 Å². The van der Waals surface area contributed by atoms with Gasteiger partial charge in [-0.05, 0) is 154 Å². The molecule has 0 spiro atoms. The van der Waals surface area contributed by atoms with Gasteiger partial charge in [-0.3, -0.25) is 37.3 Å². The number of carbonyl (C=O) groups excluding carboxylic acids is 4. The van der Waals surface area contributed by atoms with Gasteiger partial charge in [-0.2, -0.15) is 0 Å². The van der Waals surface area contributed by atoms with Gasteiger partial charge in [0.2, 0.25) is 0 Å². The number of unbranched alkanes of at least 4 members (excludes halogenated alkanes) is 26. The van der Waals surface area contributed by atoms with E-state index in [-0.39, 0.29) is 25.7 Å². The predicted octanol–water partition coefficient (Wildman–Crippen LogP) is 22.3. The monoisotopic (exact) mass is 1440 g/mol. The van der Waals surface area contributed by atoms with Crippen molar-refractivity contribution in [2.24, 2.45) is 0 Å². The van der Waals surface area contributed by atoms with E-state index in [1.165, 1.54) is 77.0 Å². The summed E-state index contributed by atoms with van der Waals surface area (Å²) >= 11 is 0. The minimum Gasteiger partial charge on any atom is -0.462 e. The van der Waals surface area contributed by atoms with Crippen LogP contribution in [0.1, 0.15) is 310 Å². The van der Waals surface area contributed by atoms with Crippen molar-refractivity contribution < 1.29 is 80.2 Å². The molecule has 4 atom stereocenters. The van der Waals surface area contributed by atoms with Crippen molar-refractivity contribution in [3.63, 3.8) is 0 Å². The van der Waals surface area contributed by atoms with Crippen LogP contribution in [0.2, 0.25) is 0 Å². The fourth-order valence-corrected chi connectivity index (χ4v) is 11.6. The van der Waals surface area contributed by atoms with Crippen LogP contribution in [0.15, 0.2) is 122 Å². The Morgan fingerprint density at radius 1 is 0.290 bits per heavy atom. The second kappa shape index (κ2) is 72.8. The first-order valence-electron chi connectivity index (χ1n) is 38.8. The van der Waals surface area contributed by atoms with Crippen LogP contribution < -0.4 is 0 Å². The summed E-state index contributed by atoms with van der Waals surface area (Å²) in [6.45, 7) is 4.53. The largest absolute Gasteiger partial charge is 0.472 e. The van der Waals surface area contributed by atoms with E-state index in [9.17, 15) is 43.2 Å². The van der Waals surface area contributed by atoms with Gasteiger partial charge < -0.3 is 33.8 Å². The molecular weight excluding hydrogens is 1310 g/mol. The lowest BCUT2D eigenvalue weighted by molar-refractivity contribution is -0.161. The lowest BCUT2D eigenvalue weighted by Gasteiger charge is -2.21. The second-order valence-corrected chi connectivity index (χ2v) is 28.4. The molecule has 19 heteroatoms. The third kappa shape index (κ3) is 71.8. The Kier molecular flexibility index (Phi) is 69.5. The molecule has 0 rings (SSSR count). The summed E-state index contributed by atoms with van der Waals surface area (Å²) < 4.78 is 68.4. The van der Waals surface area contributed by atoms with E-state index in [1.54, 1.807) is 0 Å². The number of rotatable bonds is 72. The highest BCUT2D eigenvalue weighted by Crippen LogP contribution is 2.45. The Hall–Kier alpha value is -4.54. The van der Waals surface area contributed by atoms with Crippen molar-refractivity contribution in [2.45, 2.75) is 329 Å². The molecule has 0 aliphatic heterocycles. The summed E-state index contributed by atoms with van der Waals surface area (Å²) in [5.41, 5.74) is 0. The van der Waals surface area contributed by atoms with Crippen molar-refractivity contribution in [3.8, 4) is 0 Å². The molecule has 0 amide bonds. The molecule has 0 bridgehead atoms. The number of aliphatic hydroxyl groups is 1. The third-order valence-corrected chi connectivity index (χ3v) is 17.8. The van der Waals surface area contributed by atoms with Gasteiger partial charge in [-0.1, -0.05) is 252 Å². The Bertz CT molecular complexity index is 2210.